The van der Waals surface area contributed by atoms with E-state index in [4.69, 9.17) is 10.4 Å². The number of aromatic nitrogens is 3. The Morgan fingerprint density at radius 2 is 0.671 bits per heavy atom. The van der Waals surface area contributed by atoms with Gasteiger partial charge in [0.15, 0.2) is 5.13 Å². The Hall–Kier alpha value is -10.6. The van der Waals surface area contributed by atoms with E-state index in [1.807, 2.05) is 18.2 Å². The fraction of sp³-hybridized carbons (Fsp3) is 0.535. The van der Waals surface area contributed by atoms with Crippen LogP contribution in [0.3, 0.4) is 0 Å². The first-order chi connectivity index (χ1) is 72.2. The molecule has 2 aromatic heterocycles. The third-order valence-electron chi connectivity index (χ3n) is 43.1. The second-order valence-electron chi connectivity index (χ2n) is 49.2. The van der Waals surface area contributed by atoms with Gasteiger partial charge in [0, 0.05) is 104 Å². The zero-order chi connectivity index (χ0) is 103. The molecule has 20 saturated carbocycles. The highest BCUT2D eigenvalue weighted by Crippen LogP contribution is 2.72. The van der Waals surface area contributed by atoms with Crippen molar-refractivity contribution in [1.29, 1.82) is 5.26 Å². The third kappa shape index (κ3) is 20.1. The number of amides is 5. The van der Waals surface area contributed by atoms with Crippen LogP contribution in [0.4, 0.5) is 20.3 Å². The molecule has 1 saturated heterocycles. The molecule has 0 spiro atoms. The number of halogens is 1. The van der Waals surface area contributed by atoms with Gasteiger partial charge in [-0.05, 0) is 365 Å². The smallest absolute Gasteiger partial charge is 0.238 e. The highest BCUT2D eigenvalue weighted by Gasteiger charge is 2.67. The number of thiazole rings is 1. The summed E-state index contributed by atoms with van der Waals surface area (Å²) in [6.07, 6.45) is 31.7. The molecule has 21 aliphatic rings. The first-order valence-electron chi connectivity index (χ1n) is 56.7. The van der Waals surface area contributed by atoms with Crippen molar-refractivity contribution in [2.45, 2.75) is 240 Å². The van der Waals surface area contributed by atoms with E-state index in [1.54, 1.807) is 17.6 Å². The molecule has 10 aromatic rings. The fourth-order valence-electron chi connectivity index (χ4n) is 35.9. The molecule has 20 bridgehead atoms. The van der Waals surface area contributed by atoms with E-state index in [2.05, 4.69) is 263 Å². The lowest BCUT2D eigenvalue weighted by molar-refractivity contribution is -0.142. The number of carbonyl (C=O) groups excluding carboxylic acids is 5. The molecule has 21 fully saturated rings. The maximum absolute atomic E-state index is 13.8. The number of anilines is 3. The first kappa shape index (κ1) is 103. The van der Waals surface area contributed by atoms with Crippen molar-refractivity contribution < 1.29 is 36.8 Å². The number of hydrogen-bond acceptors (Lipinski definition) is 14. The van der Waals surface area contributed by atoms with Gasteiger partial charge < -0.3 is 31.1 Å². The van der Waals surface area contributed by atoms with Gasteiger partial charge in [-0.2, -0.15) is 5.26 Å². The predicted octanol–water partition coefficient (Wildman–Crippen LogP) is 24.4. The summed E-state index contributed by atoms with van der Waals surface area (Å²) in [7, 11) is -3.68. The Bertz CT molecular complexity index is 6330. The van der Waals surface area contributed by atoms with Crippen molar-refractivity contribution in [3.63, 3.8) is 0 Å². The van der Waals surface area contributed by atoms with Crippen LogP contribution in [-0.2, 0) is 73.9 Å². The van der Waals surface area contributed by atoms with Gasteiger partial charge in [0.25, 0.3) is 0 Å². The first-order valence-corrected chi connectivity index (χ1v) is 60.0. The number of hydrogen-bond donors (Lipinski definition) is 5. The summed E-state index contributed by atoms with van der Waals surface area (Å²) in [6, 6.07) is 80.3. The molecule has 5 amide bonds. The molecule has 1 aliphatic heterocycles. The molecular formula is C127H152FN11O7S3. The minimum atomic E-state index is -3.68. The highest BCUT2D eigenvalue weighted by molar-refractivity contribution is 7.89. The molecule has 8 aromatic carbocycles. The molecule has 0 atom stereocenters. The zero-order valence-corrected chi connectivity index (χ0v) is 90.0. The number of nitrogens with one attached hydrogen (secondary N) is 4. The van der Waals surface area contributed by atoms with E-state index in [1.165, 1.54) is 215 Å². The fourth-order valence-corrected chi connectivity index (χ4v) is 37.5. The Kier molecular flexibility index (Phi) is 29.8. The zero-order valence-electron chi connectivity index (χ0n) is 87.6. The molecule has 20 aliphatic carbocycles. The van der Waals surface area contributed by atoms with Crippen LogP contribution in [-0.4, -0.2) is 97.3 Å². The number of carbonyl (C=O) groups is 5. The van der Waals surface area contributed by atoms with E-state index in [9.17, 15) is 36.8 Å². The Labute approximate surface area is 890 Å². The SMILES string of the molecule is CC1C2CC3CC1CC(C2)C3(CC(=O)N1CCN(c2ccc(F)cc2)CC1)c1ccccc1.CC1C2CC3CC1CC(C2)C3(CC(=O)NCCc1ccc(S(N)(=O)=O)cc1)c1ccccc1.CC1C2CC3CC1CC(C2)C3(CC(=O)NCCc1ccccc1)c1ccccc1.CC1C2CC3CC1CC(C2)C3(CC(=O)Nc1ncc(C#N)s1)c1ccccc1.CC1C2CC3CC1CC(C2)C3(CC(=O)Nc1nncs1)c1ccccc1. The number of nitriles is 1. The average molecular weight is 2060 g/mol. The maximum atomic E-state index is 13.8. The van der Waals surface area contributed by atoms with Crippen LogP contribution >= 0.6 is 22.7 Å². The number of sulfonamides is 1. The molecule has 0 radical (unpaired) electrons. The van der Waals surface area contributed by atoms with Crippen molar-refractivity contribution in [2.24, 2.45) is 153 Å². The summed E-state index contributed by atoms with van der Waals surface area (Å²) >= 11 is 2.63. The summed E-state index contributed by atoms with van der Waals surface area (Å²) in [6.45, 7) is 16.7. The largest absolute Gasteiger partial charge is 0.368 e. The van der Waals surface area contributed by atoms with Gasteiger partial charge in [-0.1, -0.05) is 251 Å². The van der Waals surface area contributed by atoms with E-state index >= 15 is 0 Å². The van der Waals surface area contributed by atoms with Gasteiger partial charge in [-0.25, -0.2) is 22.9 Å². The topological polar surface area (TPSA) is 263 Å². The van der Waals surface area contributed by atoms with Crippen molar-refractivity contribution in [3.8, 4) is 6.07 Å². The monoisotopic (exact) mass is 2060 g/mol. The summed E-state index contributed by atoms with van der Waals surface area (Å²) < 4.78 is 36.2. The number of piperazine rings is 1. The molecule has 0 unspecified atom stereocenters. The number of rotatable bonds is 25. The molecule has 6 N–H and O–H groups in total. The second-order valence-corrected chi connectivity index (χ2v) is 52.6. The van der Waals surface area contributed by atoms with Gasteiger partial charge in [0.05, 0.1) is 11.1 Å². The van der Waals surface area contributed by atoms with Crippen LogP contribution in [0.25, 0.3) is 0 Å². The second kappa shape index (κ2) is 43.2. The van der Waals surface area contributed by atoms with Crippen molar-refractivity contribution >= 4 is 78.2 Å². The molecule has 18 nitrogen and oxygen atoms in total. The molecule has 3 heterocycles. The van der Waals surface area contributed by atoms with Crippen LogP contribution in [0.15, 0.2) is 247 Å². The predicted molar refractivity (Wildman–Crippen MR) is 589 cm³/mol. The van der Waals surface area contributed by atoms with Crippen molar-refractivity contribution in [3.05, 3.63) is 292 Å². The summed E-state index contributed by atoms with van der Waals surface area (Å²) in [5.74, 6) is 19.7. The normalized spacial score (nSPS) is 35.0. The maximum Gasteiger partial charge on any atom is 0.238 e. The minimum Gasteiger partial charge on any atom is -0.368 e. The van der Waals surface area contributed by atoms with Crippen LogP contribution in [0.1, 0.15) is 239 Å². The van der Waals surface area contributed by atoms with Crippen LogP contribution in [0.2, 0.25) is 0 Å². The van der Waals surface area contributed by atoms with E-state index in [-0.39, 0.29) is 61.4 Å². The Morgan fingerprint density at radius 3 is 0.960 bits per heavy atom. The summed E-state index contributed by atoms with van der Waals surface area (Å²) in [5.41, 5.74) is 11.8. The Balaban J connectivity index is 0.000000106. The van der Waals surface area contributed by atoms with E-state index in [0.717, 1.165) is 139 Å². The van der Waals surface area contributed by atoms with Gasteiger partial charge in [-0.15, -0.1) is 10.2 Å². The quantitative estimate of drug-likeness (QED) is 0.0358. The van der Waals surface area contributed by atoms with Gasteiger partial charge >= 0.3 is 0 Å². The standard InChI is InChI=1S/C29H35FN2O.C27H34N2O3S.C27H33NO.C23H25N3OS.C21H25N3OS/c1-20-21-15-24-17-22(20)18-25(16-21)29(24,23-5-3-2-4-6-23)19-28(33)32-13-11-31(12-14-32)27-9-7-26(30)8-10-27;1-18-20-13-23-15-21(18)16-24(14-20)27(23,22-5-3-2-4-6-22)17-26(30)29-12-11-19-7-9-25(10-8-19)33(28,31)32;1-19-21-14-24-16-22(19)17-25(15-21)27(24,23-10-6-3-7-11-23)18-26(29)28-13-12-20-8-4-2-5-9-20;1-14-15-7-18-9-16(14)10-19(8-15)23(18,17-5-3-2-4-6-17)11-21(27)26-22-25-13-20(12-24)28-22;1-13-14-7-17-9-15(13)10-18(8-14)21(17,16-5-3-2-4-6-16)11-19(25)23-20-24-22-12-26-20/h2-10,20-22,24-25H,11-19H2,1H3;2-10,18,20-21,23-24H,11-17H2,1H3,(H,29,30)(H2,28,31,32);2-11,19,21-22,24-25H,12-18H2,1H3,(H,28,29);2-6,13-16,18-19H,7-11H2,1H3,(H,25,26,27);2-6,12-15,17-18H,7-11H2,1H3,(H,23,24,25). The minimum absolute atomic E-state index is 0.0107. The van der Waals surface area contributed by atoms with Gasteiger partial charge in [0.1, 0.15) is 22.3 Å². The number of nitrogens with zero attached hydrogens (tertiary/aromatic N) is 6. The van der Waals surface area contributed by atoms with Crippen LogP contribution < -0.4 is 31.3 Å². The highest BCUT2D eigenvalue weighted by atomic mass is 32.2. The summed E-state index contributed by atoms with van der Waals surface area (Å²) in [5, 5.41) is 35.5. The molecular weight excluding hydrogens is 1910 g/mol. The number of benzene rings is 8. The lowest BCUT2D eigenvalue weighted by Crippen LogP contribution is -2.60. The third-order valence-corrected chi connectivity index (χ3v) is 45.5. The lowest BCUT2D eigenvalue weighted by atomic mass is 9.41. The van der Waals surface area contributed by atoms with Crippen LogP contribution in [0, 0.1) is 165 Å². The van der Waals surface area contributed by atoms with E-state index < -0.39 is 10.0 Å². The molecule has 149 heavy (non-hydrogen) atoms. The van der Waals surface area contributed by atoms with Crippen molar-refractivity contribution in [1.82, 2.24) is 30.7 Å². The average Bonchev–Trinajstić information content (AvgIpc) is 1.10. The van der Waals surface area contributed by atoms with Crippen LogP contribution in [0.5, 0.6) is 0 Å². The van der Waals surface area contributed by atoms with Gasteiger partial charge in [0.2, 0.25) is 44.7 Å². The Morgan fingerprint density at radius 1 is 0.383 bits per heavy atom. The lowest BCUT2D eigenvalue weighted by Gasteiger charge is -2.64. The molecule has 31 rings (SSSR count). The summed E-state index contributed by atoms with van der Waals surface area (Å²) in [4.78, 5) is 75.4. The molecule has 22 heteroatoms. The number of nitrogens with two attached hydrogens (primary N) is 1. The molecule has 782 valence electrons. The van der Waals surface area contributed by atoms with Gasteiger partial charge in [-0.3, -0.25) is 24.0 Å². The number of primary sulfonamides is 1. The van der Waals surface area contributed by atoms with E-state index in [0.29, 0.717) is 125 Å². The van der Waals surface area contributed by atoms with Crippen molar-refractivity contribution in [2.75, 3.05) is 54.8 Å².